The fourth-order valence-corrected chi connectivity index (χ4v) is 2.05. The van der Waals surface area contributed by atoms with Crippen molar-refractivity contribution in [2.24, 2.45) is 0 Å². The van der Waals surface area contributed by atoms with E-state index in [-0.39, 0.29) is 11.6 Å². The fourth-order valence-electron chi connectivity index (χ4n) is 2.05. The zero-order valence-electron chi connectivity index (χ0n) is 10.9. The lowest BCUT2D eigenvalue weighted by Crippen LogP contribution is -2.41. The molecule has 0 aliphatic carbocycles. The smallest absolute Gasteiger partial charge is 0.356 e. The number of hydrogen-bond donors (Lipinski definition) is 1. The highest BCUT2D eigenvalue weighted by Gasteiger charge is 2.36. The highest BCUT2D eigenvalue weighted by atomic mass is 16.5. The van der Waals surface area contributed by atoms with Gasteiger partial charge in [0.2, 0.25) is 0 Å². The molecule has 2 atom stereocenters. The number of rotatable bonds is 3. The first kappa shape index (κ1) is 12.8. The van der Waals surface area contributed by atoms with Crippen LogP contribution < -0.4 is 5.32 Å². The zero-order valence-corrected chi connectivity index (χ0v) is 10.9. The van der Waals surface area contributed by atoms with Crippen LogP contribution in [0.1, 0.15) is 30.8 Å². The minimum absolute atomic E-state index is 0.116. The molecule has 2 heterocycles. The average Bonchev–Trinajstić information content (AvgIpc) is 2.68. The van der Waals surface area contributed by atoms with Crippen molar-refractivity contribution < 1.29 is 14.3 Å². The second-order valence-electron chi connectivity index (χ2n) is 4.73. The van der Waals surface area contributed by atoms with Crippen LogP contribution in [-0.4, -0.2) is 36.3 Å². The van der Waals surface area contributed by atoms with E-state index in [1.165, 1.54) is 7.11 Å². The Morgan fingerprint density at radius 2 is 2.44 bits per heavy atom. The van der Waals surface area contributed by atoms with Gasteiger partial charge < -0.3 is 14.8 Å². The van der Waals surface area contributed by atoms with Crippen LogP contribution in [0, 0.1) is 0 Å². The summed E-state index contributed by atoms with van der Waals surface area (Å²) in [5.41, 5.74) is 1.04. The minimum Gasteiger partial charge on any atom is -0.464 e. The second-order valence-corrected chi connectivity index (χ2v) is 4.73. The number of nitrogens with zero attached hydrogens (tertiary/aromatic N) is 1. The molecular formula is C13H18N2O3. The molecule has 98 valence electrons. The van der Waals surface area contributed by atoms with Crippen molar-refractivity contribution in [3.63, 3.8) is 0 Å². The third-order valence-corrected chi connectivity index (χ3v) is 3.47. The lowest BCUT2D eigenvalue weighted by atomic mass is 9.94. The van der Waals surface area contributed by atoms with Crippen molar-refractivity contribution in [1.29, 1.82) is 0 Å². The molecular weight excluding hydrogens is 232 g/mol. The lowest BCUT2D eigenvalue weighted by Gasteiger charge is -2.30. The third kappa shape index (κ3) is 2.46. The van der Waals surface area contributed by atoms with Crippen LogP contribution in [0.4, 0.5) is 5.69 Å². The van der Waals surface area contributed by atoms with Crippen molar-refractivity contribution in [3.8, 4) is 0 Å². The number of pyridine rings is 1. The summed E-state index contributed by atoms with van der Waals surface area (Å²) < 4.78 is 10.2. The number of hydrogen-bond acceptors (Lipinski definition) is 5. The molecule has 0 amide bonds. The standard InChI is InChI=1S/C13H18N2O3/c1-9-13(2,5-7-18-9)15-10-4-6-14-11(8-10)12(16)17-3/h4,6,8-9H,5,7H2,1-3H3,(H,14,15). The Morgan fingerprint density at radius 3 is 3.06 bits per heavy atom. The van der Waals surface area contributed by atoms with E-state index in [4.69, 9.17) is 4.74 Å². The molecule has 1 aliphatic heterocycles. The topological polar surface area (TPSA) is 60.5 Å². The molecule has 0 saturated carbocycles. The minimum atomic E-state index is -0.431. The Morgan fingerprint density at radius 1 is 1.67 bits per heavy atom. The number of carbonyl (C=O) groups is 1. The molecule has 0 radical (unpaired) electrons. The average molecular weight is 250 g/mol. The van der Waals surface area contributed by atoms with Crippen LogP contribution in [-0.2, 0) is 9.47 Å². The molecule has 2 rings (SSSR count). The van der Waals surface area contributed by atoms with Crippen molar-refractivity contribution in [3.05, 3.63) is 24.0 Å². The van der Waals surface area contributed by atoms with Gasteiger partial charge in [-0.25, -0.2) is 9.78 Å². The quantitative estimate of drug-likeness (QED) is 0.829. The number of ether oxygens (including phenoxy) is 2. The molecule has 1 aliphatic rings. The Labute approximate surface area is 107 Å². The normalized spacial score (nSPS) is 26.9. The Hall–Kier alpha value is -1.62. The van der Waals surface area contributed by atoms with Gasteiger partial charge in [0.25, 0.3) is 0 Å². The Kier molecular flexibility index (Phi) is 3.52. The maximum atomic E-state index is 11.4. The molecule has 1 fully saturated rings. The van der Waals surface area contributed by atoms with Crippen LogP contribution >= 0.6 is 0 Å². The SMILES string of the molecule is COC(=O)c1cc(NC2(C)CCOC2C)ccn1. The third-order valence-electron chi connectivity index (χ3n) is 3.47. The summed E-state index contributed by atoms with van der Waals surface area (Å²) in [6.07, 6.45) is 2.66. The van der Waals surface area contributed by atoms with E-state index in [1.54, 1.807) is 12.3 Å². The maximum absolute atomic E-state index is 11.4. The van der Waals surface area contributed by atoms with Gasteiger partial charge in [-0.1, -0.05) is 0 Å². The van der Waals surface area contributed by atoms with E-state index in [9.17, 15) is 4.79 Å². The van der Waals surface area contributed by atoms with Gasteiger partial charge in [0.1, 0.15) is 5.69 Å². The summed E-state index contributed by atoms with van der Waals surface area (Å²) in [6, 6.07) is 3.53. The van der Waals surface area contributed by atoms with E-state index in [0.29, 0.717) is 5.69 Å². The Bertz CT molecular complexity index is 450. The molecule has 0 spiro atoms. The number of anilines is 1. The number of methoxy groups -OCH3 is 1. The predicted molar refractivity (Wildman–Crippen MR) is 67.6 cm³/mol. The molecule has 1 aromatic rings. The van der Waals surface area contributed by atoms with Crippen LogP contribution in [0.3, 0.4) is 0 Å². The molecule has 1 saturated heterocycles. The summed E-state index contributed by atoms with van der Waals surface area (Å²) in [4.78, 5) is 15.4. The van der Waals surface area contributed by atoms with E-state index in [2.05, 4.69) is 22.0 Å². The van der Waals surface area contributed by atoms with Gasteiger partial charge in [0.05, 0.1) is 18.8 Å². The van der Waals surface area contributed by atoms with E-state index in [1.807, 2.05) is 13.0 Å². The van der Waals surface area contributed by atoms with E-state index < -0.39 is 5.97 Å². The van der Waals surface area contributed by atoms with Crippen LogP contribution in [0.15, 0.2) is 18.3 Å². The van der Waals surface area contributed by atoms with Crippen molar-refractivity contribution in [1.82, 2.24) is 4.98 Å². The maximum Gasteiger partial charge on any atom is 0.356 e. The van der Waals surface area contributed by atoms with Gasteiger partial charge in [-0.3, -0.25) is 0 Å². The summed E-state index contributed by atoms with van der Waals surface area (Å²) in [5.74, 6) is -0.431. The highest BCUT2D eigenvalue weighted by Crippen LogP contribution is 2.29. The van der Waals surface area contributed by atoms with Crippen LogP contribution in [0.5, 0.6) is 0 Å². The summed E-state index contributed by atoms with van der Waals surface area (Å²) >= 11 is 0. The molecule has 2 unspecified atom stereocenters. The van der Waals surface area contributed by atoms with Gasteiger partial charge in [-0.2, -0.15) is 0 Å². The van der Waals surface area contributed by atoms with Gasteiger partial charge in [0.15, 0.2) is 0 Å². The first-order chi connectivity index (χ1) is 8.55. The number of nitrogens with one attached hydrogen (secondary N) is 1. The highest BCUT2D eigenvalue weighted by molar-refractivity contribution is 5.88. The van der Waals surface area contributed by atoms with Gasteiger partial charge in [-0.05, 0) is 32.4 Å². The second kappa shape index (κ2) is 4.94. The van der Waals surface area contributed by atoms with Gasteiger partial charge in [0, 0.05) is 18.5 Å². The van der Waals surface area contributed by atoms with E-state index >= 15 is 0 Å². The summed E-state index contributed by atoms with van der Waals surface area (Å²) in [5, 5.41) is 3.41. The van der Waals surface area contributed by atoms with Crippen molar-refractivity contribution in [2.75, 3.05) is 19.0 Å². The lowest BCUT2D eigenvalue weighted by molar-refractivity contribution is 0.0594. The predicted octanol–water partition coefficient (Wildman–Crippen LogP) is 1.85. The summed E-state index contributed by atoms with van der Waals surface area (Å²) in [7, 11) is 1.35. The first-order valence-corrected chi connectivity index (χ1v) is 5.99. The number of carbonyl (C=O) groups excluding carboxylic acids is 1. The molecule has 0 bridgehead atoms. The monoisotopic (exact) mass is 250 g/mol. The number of esters is 1. The zero-order chi connectivity index (χ0) is 13.2. The van der Waals surface area contributed by atoms with Gasteiger partial charge >= 0.3 is 5.97 Å². The molecule has 1 N–H and O–H groups in total. The summed E-state index contributed by atoms with van der Waals surface area (Å²) in [6.45, 7) is 4.91. The van der Waals surface area contributed by atoms with Crippen molar-refractivity contribution in [2.45, 2.75) is 31.9 Å². The molecule has 1 aromatic heterocycles. The van der Waals surface area contributed by atoms with E-state index in [0.717, 1.165) is 18.7 Å². The molecule has 0 aromatic carbocycles. The van der Waals surface area contributed by atoms with Gasteiger partial charge in [-0.15, -0.1) is 0 Å². The fraction of sp³-hybridized carbons (Fsp3) is 0.538. The first-order valence-electron chi connectivity index (χ1n) is 5.99. The largest absolute Gasteiger partial charge is 0.464 e. The van der Waals surface area contributed by atoms with Crippen molar-refractivity contribution >= 4 is 11.7 Å². The molecule has 18 heavy (non-hydrogen) atoms. The van der Waals surface area contributed by atoms with Crippen LogP contribution in [0.2, 0.25) is 0 Å². The number of aromatic nitrogens is 1. The molecule has 5 nitrogen and oxygen atoms in total. The van der Waals surface area contributed by atoms with Crippen LogP contribution in [0.25, 0.3) is 0 Å². The Balaban J connectivity index is 2.17. The molecule has 5 heteroatoms.